The second-order valence-corrected chi connectivity index (χ2v) is 4.79. The Morgan fingerprint density at radius 3 is 2.30 bits per heavy atom. The Labute approximate surface area is 133 Å². The standard InChI is InChI=1S/C18H14FNO3/c1-23-18(22)16(10-12-2-4-13(11-20)5-3-12)17(21)14-6-8-15(19)9-7-14/h2-9,21H,10H2,1H3/p-1/b17-16-. The highest BCUT2D eigenvalue weighted by Crippen LogP contribution is 2.19. The molecule has 0 amide bonds. The molecule has 0 aliphatic rings. The Bertz CT molecular complexity index is 771. The zero-order valence-corrected chi connectivity index (χ0v) is 12.4. The van der Waals surface area contributed by atoms with Gasteiger partial charge in [0.15, 0.2) is 0 Å². The van der Waals surface area contributed by atoms with E-state index in [9.17, 15) is 14.3 Å². The lowest BCUT2D eigenvalue weighted by Crippen LogP contribution is -2.16. The third kappa shape index (κ3) is 3.95. The fourth-order valence-electron chi connectivity index (χ4n) is 2.05. The van der Waals surface area contributed by atoms with Crippen LogP contribution in [-0.4, -0.2) is 13.1 Å². The second-order valence-electron chi connectivity index (χ2n) is 4.79. The number of carbonyl (C=O) groups excluding carboxylic acids is 1. The van der Waals surface area contributed by atoms with Crippen molar-refractivity contribution < 1.29 is 19.0 Å². The van der Waals surface area contributed by atoms with Crippen molar-refractivity contribution in [2.24, 2.45) is 0 Å². The number of hydrogen-bond donors (Lipinski definition) is 0. The fraction of sp³-hybridized carbons (Fsp3) is 0.111. The first kappa shape index (κ1) is 16.2. The average Bonchev–Trinajstić information content (AvgIpc) is 2.59. The van der Waals surface area contributed by atoms with E-state index < -0.39 is 17.5 Å². The van der Waals surface area contributed by atoms with Gasteiger partial charge in [0.25, 0.3) is 0 Å². The Morgan fingerprint density at radius 2 is 1.78 bits per heavy atom. The maximum atomic E-state index is 13.0. The molecule has 0 heterocycles. The zero-order valence-electron chi connectivity index (χ0n) is 12.4. The predicted molar refractivity (Wildman–Crippen MR) is 80.2 cm³/mol. The normalized spacial score (nSPS) is 11.3. The number of carbonyl (C=O) groups is 1. The monoisotopic (exact) mass is 310 g/mol. The number of nitriles is 1. The van der Waals surface area contributed by atoms with Crippen molar-refractivity contribution in [1.82, 2.24) is 0 Å². The second kappa shape index (κ2) is 7.23. The molecule has 0 radical (unpaired) electrons. The van der Waals surface area contributed by atoms with E-state index in [-0.39, 0.29) is 17.6 Å². The van der Waals surface area contributed by atoms with E-state index in [2.05, 4.69) is 4.74 Å². The lowest BCUT2D eigenvalue weighted by atomic mass is 10.00. The summed E-state index contributed by atoms with van der Waals surface area (Å²) < 4.78 is 17.6. The molecular formula is C18H13FNO3-. The van der Waals surface area contributed by atoms with Gasteiger partial charge in [0.1, 0.15) is 5.82 Å². The Hall–Kier alpha value is -3.13. The summed E-state index contributed by atoms with van der Waals surface area (Å²) in [5, 5.41) is 21.3. The molecule has 0 saturated carbocycles. The minimum atomic E-state index is -0.733. The topological polar surface area (TPSA) is 73.2 Å². The van der Waals surface area contributed by atoms with Gasteiger partial charge in [-0.15, -0.1) is 0 Å². The summed E-state index contributed by atoms with van der Waals surface area (Å²) in [6.07, 6.45) is 0.0641. The van der Waals surface area contributed by atoms with Crippen LogP contribution >= 0.6 is 0 Å². The van der Waals surface area contributed by atoms with Crippen LogP contribution in [0.3, 0.4) is 0 Å². The molecule has 2 aromatic carbocycles. The molecule has 2 aromatic rings. The number of rotatable bonds is 4. The van der Waals surface area contributed by atoms with Crippen LogP contribution in [0.4, 0.5) is 4.39 Å². The van der Waals surface area contributed by atoms with E-state index in [1.165, 1.54) is 19.2 Å². The quantitative estimate of drug-likeness (QED) is 0.493. The van der Waals surface area contributed by atoms with Crippen LogP contribution in [0.5, 0.6) is 0 Å². The van der Waals surface area contributed by atoms with Gasteiger partial charge in [-0.05, 0) is 35.4 Å². The van der Waals surface area contributed by atoms with E-state index in [0.29, 0.717) is 11.1 Å². The van der Waals surface area contributed by atoms with Crippen LogP contribution in [0.1, 0.15) is 16.7 Å². The highest BCUT2D eigenvalue weighted by Gasteiger charge is 2.13. The average molecular weight is 310 g/mol. The number of halogens is 1. The van der Waals surface area contributed by atoms with Crippen molar-refractivity contribution in [2.45, 2.75) is 6.42 Å². The van der Waals surface area contributed by atoms with E-state index in [4.69, 9.17) is 5.26 Å². The van der Waals surface area contributed by atoms with E-state index in [1.807, 2.05) is 6.07 Å². The molecule has 0 saturated heterocycles. The van der Waals surface area contributed by atoms with Crippen LogP contribution < -0.4 is 5.11 Å². The van der Waals surface area contributed by atoms with Crippen molar-refractivity contribution in [3.05, 3.63) is 76.6 Å². The number of nitrogens with zero attached hydrogens (tertiary/aromatic N) is 1. The van der Waals surface area contributed by atoms with Crippen molar-refractivity contribution in [3.8, 4) is 6.07 Å². The molecule has 0 N–H and O–H groups in total. The molecule has 2 rings (SSSR count). The molecule has 0 aliphatic heterocycles. The molecule has 5 heteroatoms. The van der Waals surface area contributed by atoms with Gasteiger partial charge in [0.2, 0.25) is 0 Å². The first-order valence-corrected chi connectivity index (χ1v) is 6.78. The van der Waals surface area contributed by atoms with Gasteiger partial charge in [-0.2, -0.15) is 5.26 Å². The summed E-state index contributed by atoms with van der Waals surface area (Å²) in [6.45, 7) is 0. The summed E-state index contributed by atoms with van der Waals surface area (Å²) in [5.74, 6) is -1.71. The largest absolute Gasteiger partial charge is 0.872 e. The first-order valence-electron chi connectivity index (χ1n) is 6.78. The fourth-order valence-corrected chi connectivity index (χ4v) is 2.05. The smallest absolute Gasteiger partial charge is 0.333 e. The lowest BCUT2D eigenvalue weighted by Gasteiger charge is -2.18. The zero-order chi connectivity index (χ0) is 16.8. The number of esters is 1. The van der Waals surface area contributed by atoms with Crippen molar-refractivity contribution >= 4 is 11.7 Å². The van der Waals surface area contributed by atoms with Gasteiger partial charge in [0.05, 0.1) is 18.7 Å². The SMILES string of the molecule is COC(=O)/C(Cc1ccc(C#N)cc1)=C(\[O-])c1ccc(F)cc1. The van der Waals surface area contributed by atoms with Crippen molar-refractivity contribution in [3.63, 3.8) is 0 Å². The third-order valence-electron chi connectivity index (χ3n) is 3.28. The number of hydrogen-bond acceptors (Lipinski definition) is 4. The number of methoxy groups -OCH3 is 1. The van der Waals surface area contributed by atoms with Crippen LogP contribution in [-0.2, 0) is 16.0 Å². The Balaban J connectivity index is 2.39. The lowest BCUT2D eigenvalue weighted by molar-refractivity contribution is -0.245. The highest BCUT2D eigenvalue weighted by atomic mass is 19.1. The van der Waals surface area contributed by atoms with Crippen molar-refractivity contribution in [2.75, 3.05) is 7.11 Å². The minimum Gasteiger partial charge on any atom is -0.872 e. The van der Waals surface area contributed by atoms with Gasteiger partial charge in [0, 0.05) is 12.0 Å². The summed E-state index contributed by atoms with van der Waals surface area (Å²) >= 11 is 0. The molecule has 116 valence electrons. The molecule has 0 aliphatic carbocycles. The number of ether oxygens (including phenoxy) is 1. The molecule has 0 fully saturated rings. The summed E-state index contributed by atoms with van der Waals surface area (Å²) in [7, 11) is 1.19. The molecule has 4 nitrogen and oxygen atoms in total. The maximum absolute atomic E-state index is 13.0. The van der Waals surface area contributed by atoms with Gasteiger partial charge >= 0.3 is 5.97 Å². The molecule has 0 spiro atoms. The van der Waals surface area contributed by atoms with Gasteiger partial charge in [-0.3, -0.25) is 0 Å². The van der Waals surface area contributed by atoms with E-state index in [0.717, 1.165) is 12.1 Å². The molecule has 23 heavy (non-hydrogen) atoms. The molecule has 0 bridgehead atoms. The molecule has 0 atom stereocenters. The molecule has 0 unspecified atom stereocenters. The van der Waals surface area contributed by atoms with Gasteiger partial charge in [-0.1, -0.05) is 30.0 Å². The predicted octanol–water partition coefficient (Wildman–Crippen LogP) is 2.18. The molecule has 0 aromatic heterocycles. The van der Waals surface area contributed by atoms with E-state index >= 15 is 0 Å². The van der Waals surface area contributed by atoms with Crippen molar-refractivity contribution in [1.29, 1.82) is 5.26 Å². The van der Waals surface area contributed by atoms with Crippen LogP contribution in [0.15, 0.2) is 54.1 Å². The summed E-state index contributed by atoms with van der Waals surface area (Å²) in [4.78, 5) is 11.9. The van der Waals surface area contributed by atoms with Gasteiger partial charge < -0.3 is 9.84 Å². The van der Waals surface area contributed by atoms with Crippen LogP contribution in [0, 0.1) is 17.1 Å². The highest BCUT2D eigenvalue weighted by molar-refractivity contribution is 5.95. The Morgan fingerprint density at radius 1 is 1.17 bits per heavy atom. The maximum Gasteiger partial charge on any atom is 0.333 e. The third-order valence-corrected chi connectivity index (χ3v) is 3.28. The van der Waals surface area contributed by atoms with Gasteiger partial charge in [-0.25, -0.2) is 9.18 Å². The van der Waals surface area contributed by atoms with Crippen LogP contribution in [0.2, 0.25) is 0 Å². The summed E-state index contributed by atoms with van der Waals surface area (Å²) in [5.41, 5.74) is 1.34. The minimum absolute atomic E-state index is 0.0520. The summed E-state index contributed by atoms with van der Waals surface area (Å²) in [6, 6.07) is 13.5. The van der Waals surface area contributed by atoms with E-state index in [1.54, 1.807) is 24.3 Å². The first-order chi connectivity index (χ1) is 11.0. The Kier molecular flexibility index (Phi) is 5.11. The molecular weight excluding hydrogens is 297 g/mol. The number of benzene rings is 2. The van der Waals surface area contributed by atoms with Crippen LogP contribution in [0.25, 0.3) is 5.76 Å².